The number of anilines is 3. The zero-order valence-electron chi connectivity index (χ0n) is 21.6. The molecular formula is C27H29F3N6OS2. The Labute approximate surface area is 233 Å². The monoisotopic (exact) mass is 574 g/mol. The van der Waals surface area contributed by atoms with E-state index in [1.165, 1.54) is 11.8 Å². The first-order valence-corrected chi connectivity index (χ1v) is 14.8. The summed E-state index contributed by atoms with van der Waals surface area (Å²) in [6.45, 7) is 5.53. The van der Waals surface area contributed by atoms with Gasteiger partial charge in [0, 0.05) is 67.5 Å². The molecule has 0 radical (unpaired) electrons. The molecule has 39 heavy (non-hydrogen) atoms. The Morgan fingerprint density at radius 3 is 2.74 bits per heavy atom. The molecule has 1 saturated carbocycles. The minimum atomic E-state index is -4.63. The van der Waals surface area contributed by atoms with Crippen molar-refractivity contribution in [1.29, 1.82) is 0 Å². The molecule has 3 aromatic rings. The van der Waals surface area contributed by atoms with Gasteiger partial charge < -0.3 is 20.4 Å². The summed E-state index contributed by atoms with van der Waals surface area (Å²) < 4.78 is 42.1. The van der Waals surface area contributed by atoms with Gasteiger partial charge in [-0.15, -0.1) is 23.1 Å². The Bertz CT molecular complexity index is 1410. The van der Waals surface area contributed by atoms with E-state index in [4.69, 9.17) is 0 Å². The number of piperazine rings is 1. The van der Waals surface area contributed by atoms with E-state index in [0.717, 1.165) is 66.9 Å². The number of halogens is 3. The number of hydrogen-bond acceptors (Lipinski definition) is 8. The summed E-state index contributed by atoms with van der Waals surface area (Å²) in [5, 5.41) is 6.67. The van der Waals surface area contributed by atoms with Gasteiger partial charge in [-0.05, 0) is 55.5 Å². The molecule has 1 aliphatic carbocycles. The van der Waals surface area contributed by atoms with E-state index in [1.54, 1.807) is 18.0 Å². The summed E-state index contributed by atoms with van der Waals surface area (Å²) in [4.78, 5) is 26.6. The van der Waals surface area contributed by atoms with Crippen molar-refractivity contribution >= 4 is 46.3 Å². The Hall–Kier alpha value is -2.83. The summed E-state index contributed by atoms with van der Waals surface area (Å²) in [5.74, 6) is 1.01. The van der Waals surface area contributed by atoms with Crippen LogP contribution in [0.1, 0.15) is 46.5 Å². The van der Waals surface area contributed by atoms with Crippen molar-refractivity contribution in [3.63, 3.8) is 0 Å². The van der Waals surface area contributed by atoms with Crippen molar-refractivity contribution in [1.82, 2.24) is 20.2 Å². The molecule has 2 aromatic heterocycles. The highest BCUT2D eigenvalue weighted by Crippen LogP contribution is 2.46. The van der Waals surface area contributed by atoms with Crippen LogP contribution in [0.4, 0.5) is 30.5 Å². The summed E-state index contributed by atoms with van der Waals surface area (Å²) in [7, 11) is 1.71. The highest BCUT2D eigenvalue weighted by molar-refractivity contribution is 7.99. The number of alkyl halides is 3. The van der Waals surface area contributed by atoms with Gasteiger partial charge in [0.05, 0.1) is 10.6 Å². The molecule has 0 spiro atoms. The average molecular weight is 575 g/mol. The number of aromatic nitrogens is 2. The minimum Gasteiger partial charge on any atom is -0.369 e. The molecule has 1 unspecified atom stereocenters. The van der Waals surface area contributed by atoms with Crippen LogP contribution in [-0.2, 0) is 6.18 Å². The first-order valence-electron chi connectivity index (χ1n) is 13.0. The number of carbonyl (C=O) groups excluding carboxylic acids is 1. The van der Waals surface area contributed by atoms with E-state index in [1.807, 2.05) is 12.1 Å². The SMILES string of the molecule is CC1CN(c2ccc(Nc3ncc(C(F)(F)F)c(-c4cc5c(s4)C(=O)N(C)CCS5)n3)c(C3CC3)c2)CCN1. The summed E-state index contributed by atoms with van der Waals surface area (Å²) in [5.41, 5.74) is 1.97. The van der Waals surface area contributed by atoms with Gasteiger partial charge in [-0.1, -0.05) is 0 Å². The molecule has 0 bridgehead atoms. The predicted molar refractivity (Wildman–Crippen MR) is 149 cm³/mol. The molecule has 206 valence electrons. The van der Waals surface area contributed by atoms with Gasteiger partial charge in [-0.3, -0.25) is 4.79 Å². The normalized spacial score (nSPS) is 20.1. The number of amides is 1. The number of nitrogens with one attached hydrogen (secondary N) is 2. The van der Waals surface area contributed by atoms with Crippen molar-refractivity contribution in [3.8, 4) is 10.6 Å². The fourth-order valence-corrected chi connectivity index (χ4v) is 7.46. The highest BCUT2D eigenvalue weighted by Gasteiger charge is 2.37. The number of rotatable bonds is 5. The average Bonchev–Trinajstić information content (AvgIpc) is 3.68. The molecule has 1 amide bonds. The minimum absolute atomic E-state index is 0.100. The van der Waals surface area contributed by atoms with Crippen molar-refractivity contribution in [3.05, 3.63) is 46.5 Å². The number of benzene rings is 1. The topological polar surface area (TPSA) is 73.4 Å². The fraction of sp³-hybridized carbons (Fsp3) is 0.444. The van der Waals surface area contributed by atoms with Crippen LogP contribution in [-0.4, -0.2) is 65.8 Å². The lowest BCUT2D eigenvalue weighted by Crippen LogP contribution is -2.49. The lowest BCUT2D eigenvalue weighted by molar-refractivity contribution is -0.137. The van der Waals surface area contributed by atoms with Gasteiger partial charge in [0.15, 0.2) is 0 Å². The molecule has 7 nitrogen and oxygen atoms in total. The molecular weight excluding hydrogens is 545 g/mol. The summed E-state index contributed by atoms with van der Waals surface area (Å²) in [6.07, 6.45) is -1.64. The van der Waals surface area contributed by atoms with E-state index in [9.17, 15) is 18.0 Å². The number of fused-ring (bicyclic) bond motifs is 1. The molecule has 2 N–H and O–H groups in total. The number of hydrogen-bond donors (Lipinski definition) is 2. The zero-order valence-corrected chi connectivity index (χ0v) is 23.3. The third kappa shape index (κ3) is 5.46. The van der Waals surface area contributed by atoms with Crippen molar-refractivity contribution in [2.45, 2.75) is 42.8 Å². The largest absolute Gasteiger partial charge is 0.420 e. The smallest absolute Gasteiger partial charge is 0.369 e. The fourth-order valence-electron chi connectivity index (χ4n) is 5.03. The highest BCUT2D eigenvalue weighted by atomic mass is 32.2. The molecule has 2 aliphatic heterocycles. The molecule has 1 saturated heterocycles. The maximum atomic E-state index is 14.0. The second-order valence-electron chi connectivity index (χ2n) is 10.3. The molecule has 6 rings (SSSR count). The van der Waals surface area contributed by atoms with Gasteiger partial charge in [0.25, 0.3) is 5.91 Å². The molecule has 1 aromatic carbocycles. The van der Waals surface area contributed by atoms with Crippen LogP contribution in [0.3, 0.4) is 0 Å². The zero-order chi connectivity index (χ0) is 27.3. The number of thiophene rings is 1. The van der Waals surface area contributed by atoms with Crippen LogP contribution in [0.15, 0.2) is 35.4 Å². The van der Waals surface area contributed by atoms with E-state index < -0.39 is 11.7 Å². The van der Waals surface area contributed by atoms with E-state index in [0.29, 0.717) is 38.9 Å². The van der Waals surface area contributed by atoms with Gasteiger partial charge in [-0.2, -0.15) is 13.2 Å². The van der Waals surface area contributed by atoms with Gasteiger partial charge in [0.2, 0.25) is 5.95 Å². The molecule has 3 aliphatic rings. The summed E-state index contributed by atoms with van der Waals surface area (Å²) in [6, 6.07) is 8.28. The quantitative estimate of drug-likeness (QED) is 0.398. The van der Waals surface area contributed by atoms with Crippen molar-refractivity contribution < 1.29 is 18.0 Å². The first-order chi connectivity index (χ1) is 18.7. The third-order valence-corrected chi connectivity index (χ3v) is 9.56. The van der Waals surface area contributed by atoms with Crippen LogP contribution in [0.5, 0.6) is 0 Å². The van der Waals surface area contributed by atoms with Crippen LogP contribution in [0.2, 0.25) is 0 Å². The van der Waals surface area contributed by atoms with Crippen LogP contribution in [0.25, 0.3) is 10.6 Å². The predicted octanol–water partition coefficient (Wildman–Crippen LogP) is 5.82. The third-order valence-electron chi connectivity index (χ3n) is 7.28. The van der Waals surface area contributed by atoms with Crippen LogP contribution in [0, 0.1) is 0 Å². The van der Waals surface area contributed by atoms with Crippen LogP contribution < -0.4 is 15.5 Å². The molecule has 1 atom stereocenters. The van der Waals surface area contributed by atoms with E-state index in [2.05, 4.69) is 38.5 Å². The summed E-state index contributed by atoms with van der Waals surface area (Å²) >= 11 is 2.53. The van der Waals surface area contributed by atoms with E-state index in [-0.39, 0.29) is 17.5 Å². The number of thioether (sulfide) groups is 1. The maximum absolute atomic E-state index is 14.0. The van der Waals surface area contributed by atoms with Gasteiger partial charge in [-0.25, -0.2) is 9.97 Å². The first kappa shape index (κ1) is 26.4. The Balaban J connectivity index is 1.35. The van der Waals surface area contributed by atoms with Gasteiger partial charge in [0.1, 0.15) is 10.4 Å². The molecule has 12 heteroatoms. The van der Waals surface area contributed by atoms with Crippen molar-refractivity contribution in [2.24, 2.45) is 0 Å². The van der Waals surface area contributed by atoms with E-state index >= 15 is 0 Å². The number of carbonyl (C=O) groups is 1. The standard InChI is InChI=1S/C27H29F3N6OS2/c1-15-14-36(8-7-31-15)17-5-6-20(18(11-17)16-3-4-16)33-26-32-13-19(27(28,29)30)23(34-26)21-12-22-24(39-21)25(37)35(2)9-10-38-22/h5-6,11-13,15-16,31H,3-4,7-10,14H2,1-2H3,(H,32,33,34). The second kappa shape index (κ2) is 10.3. The van der Waals surface area contributed by atoms with Crippen LogP contribution >= 0.6 is 23.1 Å². The lowest BCUT2D eigenvalue weighted by Gasteiger charge is -2.34. The number of nitrogens with zero attached hydrogens (tertiary/aromatic N) is 4. The lowest BCUT2D eigenvalue weighted by atomic mass is 10.1. The Morgan fingerprint density at radius 2 is 2.00 bits per heavy atom. The molecule has 4 heterocycles. The Morgan fingerprint density at radius 1 is 1.18 bits per heavy atom. The Kier molecular flexibility index (Phi) is 6.96. The van der Waals surface area contributed by atoms with Crippen molar-refractivity contribution in [2.75, 3.05) is 49.2 Å². The maximum Gasteiger partial charge on any atom is 0.420 e. The van der Waals surface area contributed by atoms with Gasteiger partial charge >= 0.3 is 6.18 Å². The molecule has 2 fully saturated rings. The second-order valence-corrected chi connectivity index (χ2v) is 12.5.